The van der Waals surface area contributed by atoms with Crippen molar-refractivity contribution in [3.63, 3.8) is 0 Å². The number of hydrogen-bond acceptors (Lipinski definition) is 3. The highest BCUT2D eigenvalue weighted by atomic mass is 16.5. The molecule has 2 aliphatic rings. The van der Waals surface area contributed by atoms with Crippen LogP contribution in [-0.4, -0.2) is 49.7 Å². The van der Waals surface area contributed by atoms with Crippen LogP contribution < -0.4 is 5.32 Å². The molecular formula is C12H22N2O2. The first-order chi connectivity index (χ1) is 7.83. The predicted octanol–water partition coefficient (Wildman–Crippen LogP) is 0.766. The molecule has 0 radical (unpaired) electrons. The summed E-state index contributed by atoms with van der Waals surface area (Å²) in [7, 11) is 1.95. The Bertz CT molecular complexity index is 237. The van der Waals surface area contributed by atoms with E-state index in [1.54, 1.807) is 0 Å². The number of likely N-dealkylation sites (N-methyl/N-ethyl adjacent to an activating group) is 1. The van der Waals surface area contributed by atoms with Gasteiger partial charge in [0.15, 0.2) is 0 Å². The molecule has 1 amide bonds. The van der Waals surface area contributed by atoms with Crippen molar-refractivity contribution in [3.8, 4) is 0 Å². The van der Waals surface area contributed by atoms with Gasteiger partial charge in [-0.3, -0.25) is 4.79 Å². The maximum absolute atomic E-state index is 12.3. The minimum absolute atomic E-state index is 0.155. The minimum atomic E-state index is -0.155. The molecular weight excluding hydrogens is 204 g/mol. The second-order valence-corrected chi connectivity index (χ2v) is 4.74. The third-order valence-corrected chi connectivity index (χ3v) is 3.56. The van der Waals surface area contributed by atoms with E-state index in [1.807, 2.05) is 11.9 Å². The van der Waals surface area contributed by atoms with Gasteiger partial charge in [-0.1, -0.05) is 0 Å². The molecule has 92 valence electrons. The Morgan fingerprint density at radius 3 is 2.94 bits per heavy atom. The van der Waals surface area contributed by atoms with Crippen LogP contribution in [0.3, 0.4) is 0 Å². The number of hydrogen-bond donors (Lipinski definition) is 1. The van der Waals surface area contributed by atoms with Crippen LogP contribution in [0.2, 0.25) is 0 Å². The molecule has 0 aromatic heterocycles. The van der Waals surface area contributed by atoms with E-state index >= 15 is 0 Å². The van der Waals surface area contributed by atoms with Gasteiger partial charge < -0.3 is 15.0 Å². The van der Waals surface area contributed by atoms with Crippen LogP contribution in [0.15, 0.2) is 0 Å². The Balaban J connectivity index is 1.95. The molecule has 2 atom stereocenters. The average Bonchev–Trinajstić information content (AvgIpc) is 2.83. The summed E-state index contributed by atoms with van der Waals surface area (Å²) in [4.78, 5) is 14.3. The van der Waals surface area contributed by atoms with Crippen molar-refractivity contribution in [3.05, 3.63) is 0 Å². The fraction of sp³-hybridized carbons (Fsp3) is 0.917. The number of rotatable bonds is 3. The van der Waals surface area contributed by atoms with Crippen LogP contribution >= 0.6 is 0 Å². The highest BCUT2D eigenvalue weighted by molar-refractivity contribution is 5.81. The molecule has 0 aromatic carbocycles. The van der Waals surface area contributed by atoms with Crippen molar-refractivity contribution in [2.75, 3.05) is 26.7 Å². The third-order valence-electron chi connectivity index (χ3n) is 3.56. The summed E-state index contributed by atoms with van der Waals surface area (Å²) in [6.07, 6.45) is 5.28. The van der Waals surface area contributed by atoms with Crippen molar-refractivity contribution in [2.45, 2.75) is 44.2 Å². The van der Waals surface area contributed by atoms with Gasteiger partial charge in [-0.15, -0.1) is 0 Å². The van der Waals surface area contributed by atoms with Gasteiger partial charge in [-0.2, -0.15) is 0 Å². The second kappa shape index (κ2) is 5.64. The lowest BCUT2D eigenvalue weighted by molar-refractivity contribution is -0.144. The number of nitrogens with zero attached hydrogens (tertiary/aromatic N) is 1. The van der Waals surface area contributed by atoms with Crippen LogP contribution in [0, 0.1) is 0 Å². The maximum Gasteiger partial charge on any atom is 0.251 e. The Morgan fingerprint density at radius 1 is 1.38 bits per heavy atom. The van der Waals surface area contributed by atoms with Gasteiger partial charge >= 0.3 is 0 Å². The lowest BCUT2D eigenvalue weighted by Gasteiger charge is -2.37. The zero-order valence-corrected chi connectivity index (χ0v) is 10.1. The highest BCUT2D eigenvalue weighted by Gasteiger charge is 2.33. The first kappa shape index (κ1) is 11.9. The van der Waals surface area contributed by atoms with E-state index in [2.05, 4.69) is 5.32 Å². The molecule has 0 aromatic rings. The van der Waals surface area contributed by atoms with E-state index < -0.39 is 0 Å². The van der Waals surface area contributed by atoms with Gasteiger partial charge in [-0.25, -0.2) is 0 Å². The Labute approximate surface area is 97.3 Å². The van der Waals surface area contributed by atoms with Gasteiger partial charge in [0, 0.05) is 25.7 Å². The van der Waals surface area contributed by atoms with E-state index in [0.717, 1.165) is 45.4 Å². The average molecular weight is 226 g/mol. The summed E-state index contributed by atoms with van der Waals surface area (Å²) in [5.41, 5.74) is 0. The molecule has 0 saturated carbocycles. The summed E-state index contributed by atoms with van der Waals surface area (Å²) in [5, 5.41) is 3.18. The van der Waals surface area contributed by atoms with Crippen molar-refractivity contribution in [1.82, 2.24) is 10.2 Å². The van der Waals surface area contributed by atoms with E-state index in [-0.39, 0.29) is 12.0 Å². The molecule has 0 bridgehead atoms. The van der Waals surface area contributed by atoms with Crippen LogP contribution in [-0.2, 0) is 9.53 Å². The number of piperidine rings is 1. The van der Waals surface area contributed by atoms with E-state index in [4.69, 9.17) is 4.74 Å². The number of nitrogens with one attached hydrogen (secondary N) is 1. The molecule has 2 rings (SSSR count). The van der Waals surface area contributed by atoms with Crippen LogP contribution in [0.4, 0.5) is 0 Å². The predicted molar refractivity (Wildman–Crippen MR) is 62.3 cm³/mol. The van der Waals surface area contributed by atoms with Crippen molar-refractivity contribution in [1.29, 1.82) is 0 Å². The number of likely N-dealkylation sites (tertiary alicyclic amines) is 1. The highest BCUT2D eigenvalue weighted by Crippen LogP contribution is 2.21. The summed E-state index contributed by atoms with van der Waals surface area (Å²) in [6, 6.07) is 0.371. The molecule has 1 unspecified atom stereocenters. The number of carbonyl (C=O) groups excluding carboxylic acids is 1. The largest absolute Gasteiger partial charge is 0.368 e. The van der Waals surface area contributed by atoms with Crippen LogP contribution in [0.5, 0.6) is 0 Å². The Kier molecular flexibility index (Phi) is 4.18. The van der Waals surface area contributed by atoms with Crippen molar-refractivity contribution >= 4 is 5.91 Å². The molecule has 0 spiro atoms. The molecule has 16 heavy (non-hydrogen) atoms. The van der Waals surface area contributed by atoms with Gasteiger partial charge in [0.2, 0.25) is 0 Å². The summed E-state index contributed by atoms with van der Waals surface area (Å²) >= 11 is 0. The number of ether oxygens (including phenoxy) is 1. The zero-order valence-electron chi connectivity index (χ0n) is 10.1. The van der Waals surface area contributed by atoms with Crippen molar-refractivity contribution < 1.29 is 9.53 Å². The molecule has 2 heterocycles. The number of amides is 1. The second-order valence-electron chi connectivity index (χ2n) is 4.74. The molecule has 2 fully saturated rings. The zero-order chi connectivity index (χ0) is 11.4. The first-order valence-corrected chi connectivity index (χ1v) is 6.39. The smallest absolute Gasteiger partial charge is 0.251 e. The summed E-state index contributed by atoms with van der Waals surface area (Å²) < 4.78 is 5.48. The van der Waals surface area contributed by atoms with E-state index in [1.165, 1.54) is 6.42 Å². The quantitative estimate of drug-likeness (QED) is 0.772. The van der Waals surface area contributed by atoms with Gasteiger partial charge in [0.05, 0.1) is 0 Å². The number of carbonyl (C=O) groups is 1. The fourth-order valence-electron chi connectivity index (χ4n) is 2.70. The minimum Gasteiger partial charge on any atom is -0.368 e. The SMILES string of the molecule is CNCC1CCCCN1C(=O)[C@@H]1CCCO1. The normalized spacial score (nSPS) is 30.7. The Morgan fingerprint density at radius 2 is 2.25 bits per heavy atom. The molecule has 2 aliphatic heterocycles. The summed E-state index contributed by atoms with van der Waals surface area (Å²) in [6.45, 7) is 2.56. The molecule has 2 saturated heterocycles. The third kappa shape index (κ3) is 2.55. The molecule has 1 N–H and O–H groups in total. The van der Waals surface area contributed by atoms with Gasteiger partial charge in [-0.05, 0) is 39.2 Å². The molecule has 4 heteroatoms. The van der Waals surface area contributed by atoms with Crippen LogP contribution in [0.1, 0.15) is 32.1 Å². The van der Waals surface area contributed by atoms with Gasteiger partial charge in [0.25, 0.3) is 5.91 Å². The lowest BCUT2D eigenvalue weighted by atomic mass is 10.0. The van der Waals surface area contributed by atoms with E-state index in [0.29, 0.717) is 6.04 Å². The van der Waals surface area contributed by atoms with Crippen molar-refractivity contribution in [2.24, 2.45) is 0 Å². The lowest BCUT2D eigenvalue weighted by Crippen LogP contribution is -2.51. The summed E-state index contributed by atoms with van der Waals surface area (Å²) in [5.74, 6) is 0.220. The topological polar surface area (TPSA) is 41.6 Å². The molecule has 0 aliphatic carbocycles. The Hall–Kier alpha value is -0.610. The van der Waals surface area contributed by atoms with E-state index in [9.17, 15) is 4.79 Å². The molecule has 4 nitrogen and oxygen atoms in total. The standard InChI is InChI=1S/C12H22N2O2/c1-13-9-10-5-2-3-7-14(10)12(15)11-6-4-8-16-11/h10-11,13H,2-9H2,1H3/t10?,11-/m0/s1. The first-order valence-electron chi connectivity index (χ1n) is 6.39. The monoisotopic (exact) mass is 226 g/mol. The van der Waals surface area contributed by atoms with Gasteiger partial charge in [0.1, 0.15) is 6.10 Å². The maximum atomic E-state index is 12.3. The van der Waals surface area contributed by atoms with Crippen LogP contribution in [0.25, 0.3) is 0 Å². The fourth-order valence-corrected chi connectivity index (χ4v) is 2.70.